The van der Waals surface area contributed by atoms with Crippen LogP contribution in [0.3, 0.4) is 0 Å². The maximum Gasteiger partial charge on any atom is 0.119 e. The van der Waals surface area contributed by atoms with Crippen LogP contribution in [0.2, 0.25) is 0 Å². The van der Waals surface area contributed by atoms with Gasteiger partial charge in [-0.05, 0) is 49.9 Å². The fraction of sp³-hybridized carbons (Fsp3) is 0.538. The van der Waals surface area contributed by atoms with Gasteiger partial charge in [-0.3, -0.25) is 0 Å². The molecule has 15 heavy (non-hydrogen) atoms. The lowest BCUT2D eigenvalue weighted by molar-refractivity contribution is 0.413. The quantitative estimate of drug-likeness (QED) is 0.816. The van der Waals surface area contributed by atoms with Crippen LogP contribution in [0.5, 0.6) is 5.75 Å². The van der Waals surface area contributed by atoms with Crippen LogP contribution < -0.4 is 10.1 Å². The minimum absolute atomic E-state index is 0.422. The van der Waals surface area contributed by atoms with Crippen molar-refractivity contribution in [2.75, 3.05) is 7.11 Å². The monoisotopic (exact) mass is 205 g/mol. The summed E-state index contributed by atoms with van der Waals surface area (Å²) in [5.74, 6) is 0.953. The van der Waals surface area contributed by atoms with Crippen molar-refractivity contribution in [1.82, 2.24) is 5.32 Å². The van der Waals surface area contributed by atoms with E-state index >= 15 is 0 Å². The number of hydrogen-bond acceptors (Lipinski definition) is 2. The summed E-state index contributed by atoms with van der Waals surface area (Å²) in [6.45, 7) is 4.32. The molecule has 82 valence electrons. The standard InChI is InChI=1S/C13H19NO/c1-9-6-11(8-13(7-9)15-3)10(2)14-12-4-5-12/h6-8,10,12,14H,4-5H2,1-3H3. The van der Waals surface area contributed by atoms with Crippen molar-refractivity contribution in [1.29, 1.82) is 0 Å². The molecular formula is C13H19NO. The van der Waals surface area contributed by atoms with Crippen molar-refractivity contribution >= 4 is 0 Å². The second-order valence-electron chi connectivity index (χ2n) is 4.45. The largest absolute Gasteiger partial charge is 0.497 e. The summed E-state index contributed by atoms with van der Waals surface area (Å²) >= 11 is 0. The fourth-order valence-electron chi connectivity index (χ4n) is 1.84. The van der Waals surface area contributed by atoms with E-state index in [-0.39, 0.29) is 0 Å². The summed E-state index contributed by atoms with van der Waals surface area (Å²) < 4.78 is 5.28. The van der Waals surface area contributed by atoms with E-state index in [1.165, 1.54) is 24.0 Å². The molecule has 1 aliphatic carbocycles. The fourth-order valence-corrected chi connectivity index (χ4v) is 1.84. The van der Waals surface area contributed by atoms with Gasteiger partial charge >= 0.3 is 0 Å². The van der Waals surface area contributed by atoms with Crippen molar-refractivity contribution in [3.05, 3.63) is 29.3 Å². The van der Waals surface area contributed by atoms with Gasteiger partial charge in [0, 0.05) is 12.1 Å². The average Bonchev–Trinajstić information content (AvgIpc) is 3.00. The molecule has 0 saturated heterocycles. The first-order valence-electron chi connectivity index (χ1n) is 5.60. The molecule has 1 aliphatic rings. The molecule has 2 rings (SSSR count). The molecule has 1 atom stereocenters. The predicted molar refractivity (Wildman–Crippen MR) is 62.3 cm³/mol. The van der Waals surface area contributed by atoms with Crippen LogP contribution in [0.4, 0.5) is 0 Å². The highest BCUT2D eigenvalue weighted by Gasteiger charge is 2.23. The summed E-state index contributed by atoms with van der Waals surface area (Å²) in [6.07, 6.45) is 2.65. The normalized spacial score (nSPS) is 17.5. The molecule has 0 aromatic heterocycles. The van der Waals surface area contributed by atoms with Gasteiger partial charge in [0.25, 0.3) is 0 Å². The Morgan fingerprint density at radius 2 is 2.07 bits per heavy atom. The molecule has 2 heteroatoms. The lowest BCUT2D eigenvalue weighted by Crippen LogP contribution is -2.20. The van der Waals surface area contributed by atoms with E-state index < -0.39 is 0 Å². The van der Waals surface area contributed by atoms with Crippen LogP contribution in [0.1, 0.15) is 36.9 Å². The van der Waals surface area contributed by atoms with Gasteiger partial charge in [-0.15, -0.1) is 0 Å². The van der Waals surface area contributed by atoms with E-state index in [0.29, 0.717) is 6.04 Å². The molecule has 0 spiro atoms. The maximum atomic E-state index is 5.28. The number of hydrogen-bond donors (Lipinski definition) is 1. The number of rotatable bonds is 4. The van der Waals surface area contributed by atoms with Crippen molar-refractivity contribution in [3.8, 4) is 5.75 Å². The Balaban J connectivity index is 2.13. The SMILES string of the molecule is COc1cc(C)cc(C(C)NC2CC2)c1. The predicted octanol–water partition coefficient (Wildman–Crippen LogP) is 2.82. The molecule has 0 amide bonds. The van der Waals surface area contributed by atoms with E-state index in [4.69, 9.17) is 4.74 Å². The molecule has 1 aromatic rings. The number of aryl methyl sites for hydroxylation is 1. The number of nitrogens with one attached hydrogen (secondary N) is 1. The van der Waals surface area contributed by atoms with Gasteiger partial charge in [-0.25, -0.2) is 0 Å². The Labute approximate surface area is 91.6 Å². The number of benzene rings is 1. The van der Waals surface area contributed by atoms with E-state index in [2.05, 4.69) is 37.4 Å². The molecule has 1 aromatic carbocycles. The highest BCUT2D eigenvalue weighted by molar-refractivity contribution is 5.35. The van der Waals surface area contributed by atoms with Gasteiger partial charge in [0.15, 0.2) is 0 Å². The van der Waals surface area contributed by atoms with Crippen LogP contribution >= 0.6 is 0 Å². The van der Waals surface area contributed by atoms with E-state index in [9.17, 15) is 0 Å². The average molecular weight is 205 g/mol. The van der Waals surface area contributed by atoms with E-state index in [0.717, 1.165) is 11.8 Å². The molecular weight excluding hydrogens is 186 g/mol. The third kappa shape index (κ3) is 2.72. The summed E-state index contributed by atoms with van der Waals surface area (Å²) in [5.41, 5.74) is 2.58. The minimum atomic E-state index is 0.422. The van der Waals surface area contributed by atoms with Gasteiger partial charge < -0.3 is 10.1 Å². The molecule has 1 saturated carbocycles. The Morgan fingerprint density at radius 3 is 2.67 bits per heavy atom. The van der Waals surface area contributed by atoms with Crippen LogP contribution in [0.25, 0.3) is 0 Å². The molecule has 0 heterocycles. The topological polar surface area (TPSA) is 21.3 Å². The Hall–Kier alpha value is -1.02. The lowest BCUT2D eigenvalue weighted by Gasteiger charge is -2.15. The Kier molecular flexibility index (Phi) is 2.96. The van der Waals surface area contributed by atoms with Crippen molar-refractivity contribution in [2.45, 2.75) is 38.8 Å². The molecule has 1 N–H and O–H groups in total. The highest BCUT2D eigenvalue weighted by atomic mass is 16.5. The summed E-state index contributed by atoms with van der Waals surface area (Å²) in [4.78, 5) is 0. The first kappa shape index (κ1) is 10.5. The number of methoxy groups -OCH3 is 1. The Bertz CT molecular complexity index is 344. The lowest BCUT2D eigenvalue weighted by atomic mass is 10.1. The van der Waals surface area contributed by atoms with Crippen LogP contribution in [0, 0.1) is 6.92 Å². The summed E-state index contributed by atoms with van der Waals surface area (Å²) in [7, 11) is 1.72. The minimum Gasteiger partial charge on any atom is -0.497 e. The zero-order chi connectivity index (χ0) is 10.8. The molecule has 2 nitrogen and oxygen atoms in total. The van der Waals surface area contributed by atoms with Crippen LogP contribution in [-0.2, 0) is 0 Å². The van der Waals surface area contributed by atoms with Crippen molar-refractivity contribution < 1.29 is 4.74 Å². The zero-order valence-corrected chi connectivity index (χ0v) is 9.71. The van der Waals surface area contributed by atoms with Crippen LogP contribution in [0.15, 0.2) is 18.2 Å². The van der Waals surface area contributed by atoms with Crippen molar-refractivity contribution in [3.63, 3.8) is 0 Å². The highest BCUT2D eigenvalue weighted by Crippen LogP contribution is 2.26. The van der Waals surface area contributed by atoms with Gasteiger partial charge in [0.05, 0.1) is 7.11 Å². The third-order valence-corrected chi connectivity index (χ3v) is 2.87. The molecule has 0 radical (unpaired) electrons. The zero-order valence-electron chi connectivity index (χ0n) is 9.71. The summed E-state index contributed by atoms with van der Waals surface area (Å²) in [5, 5.41) is 3.59. The first-order chi connectivity index (χ1) is 7.19. The second kappa shape index (κ2) is 4.23. The van der Waals surface area contributed by atoms with E-state index in [1.54, 1.807) is 7.11 Å². The van der Waals surface area contributed by atoms with Crippen molar-refractivity contribution in [2.24, 2.45) is 0 Å². The van der Waals surface area contributed by atoms with E-state index in [1.807, 2.05) is 0 Å². The molecule has 0 aliphatic heterocycles. The van der Waals surface area contributed by atoms with Gasteiger partial charge in [0.2, 0.25) is 0 Å². The molecule has 1 fully saturated rings. The van der Waals surface area contributed by atoms with Crippen LogP contribution in [-0.4, -0.2) is 13.2 Å². The second-order valence-corrected chi connectivity index (χ2v) is 4.45. The Morgan fingerprint density at radius 1 is 1.33 bits per heavy atom. The first-order valence-corrected chi connectivity index (χ1v) is 5.60. The van der Waals surface area contributed by atoms with Gasteiger partial charge in [-0.1, -0.05) is 6.07 Å². The van der Waals surface area contributed by atoms with Gasteiger partial charge in [-0.2, -0.15) is 0 Å². The third-order valence-electron chi connectivity index (χ3n) is 2.87. The maximum absolute atomic E-state index is 5.28. The number of ether oxygens (including phenoxy) is 1. The van der Waals surface area contributed by atoms with Gasteiger partial charge in [0.1, 0.15) is 5.75 Å². The smallest absolute Gasteiger partial charge is 0.119 e. The summed E-state index contributed by atoms with van der Waals surface area (Å²) in [6, 6.07) is 7.57. The molecule has 0 bridgehead atoms. The molecule has 1 unspecified atom stereocenters.